The fourth-order valence-electron chi connectivity index (χ4n) is 2.01. The van der Waals surface area contributed by atoms with Crippen LogP contribution in [-0.2, 0) is 14.3 Å². The van der Waals surface area contributed by atoms with Crippen LogP contribution >= 0.6 is 12.4 Å². The summed E-state index contributed by atoms with van der Waals surface area (Å²) in [4.78, 5) is 11.6. The molecule has 1 fully saturated rings. The Morgan fingerprint density at radius 3 is 2.72 bits per heavy atom. The maximum atomic E-state index is 11.6. The molecule has 0 aromatic heterocycles. The van der Waals surface area contributed by atoms with Crippen molar-refractivity contribution in [2.75, 3.05) is 40.0 Å². The van der Waals surface area contributed by atoms with Crippen molar-refractivity contribution in [1.82, 2.24) is 10.6 Å². The van der Waals surface area contributed by atoms with E-state index in [0.717, 1.165) is 26.1 Å². The topological polar surface area (TPSA) is 59.6 Å². The number of amides is 1. The second kappa shape index (κ2) is 10.6. The van der Waals surface area contributed by atoms with Crippen LogP contribution in [0.3, 0.4) is 0 Å². The molecule has 1 aliphatic heterocycles. The van der Waals surface area contributed by atoms with Crippen molar-refractivity contribution in [1.29, 1.82) is 0 Å². The van der Waals surface area contributed by atoms with E-state index in [1.165, 1.54) is 0 Å². The molecule has 108 valence electrons. The molecule has 0 aromatic carbocycles. The van der Waals surface area contributed by atoms with Gasteiger partial charge in [-0.1, -0.05) is 0 Å². The molecule has 1 amide bonds. The summed E-state index contributed by atoms with van der Waals surface area (Å²) >= 11 is 0. The van der Waals surface area contributed by atoms with Crippen LogP contribution in [0, 0.1) is 5.92 Å². The van der Waals surface area contributed by atoms with Crippen LogP contribution in [0.25, 0.3) is 0 Å². The van der Waals surface area contributed by atoms with E-state index < -0.39 is 0 Å². The first-order valence-electron chi connectivity index (χ1n) is 6.30. The van der Waals surface area contributed by atoms with Crippen molar-refractivity contribution in [3.8, 4) is 0 Å². The SMILES string of the molecule is COCCNCC(=O)NC(C)C1CCOCC1.Cl. The number of ether oxygens (including phenoxy) is 2. The summed E-state index contributed by atoms with van der Waals surface area (Å²) in [5.74, 6) is 0.603. The van der Waals surface area contributed by atoms with E-state index in [4.69, 9.17) is 9.47 Å². The van der Waals surface area contributed by atoms with Crippen LogP contribution in [0.4, 0.5) is 0 Å². The fourth-order valence-corrected chi connectivity index (χ4v) is 2.01. The first-order chi connectivity index (χ1) is 8.24. The second-order valence-corrected chi connectivity index (χ2v) is 4.48. The molecule has 2 N–H and O–H groups in total. The quantitative estimate of drug-likeness (QED) is 0.670. The van der Waals surface area contributed by atoms with E-state index in [9.17, 15) is 4.79 Å². The molecule has 0 spiro atoms. The Labute approximate surface area is 115 Å². The van der Waals surface area contributed by atoms with Gasteiger partial charge in [0.25, 0.3) is 0 Å². The van der Waals surface area contributed by atoms with Gasteiger partial charge in [-0.15, -0.1) is 12.4 Å². The highest BCUT2D eigenvalue weighted by Crippen LogP contribution is 2.18. The summed E-state index contributed by atoms with van der Waals surface area (Å²) in [5, 5.41) is 6.06. The van der Waals surface area contributed by atoms with Crippen molar-refractivity contribution in [3.05, 3.63) is 0 Å². The lowest BCUT2D eigenvalue weighted by Crippen LogP contribution is -2.44. The molecule has 0 bridgehead atoms. The summed E-state index contributed by atoms with van der Waals surface area (Å²) in [7, 11) is 1.65. The number of nitrogens with one attached hydrogen (secondary N) is 2. The molecule has 1 unspecified atom stereocenters. The van der Waals surface area contributed by atoms with Crippen LogP contribution in [0.5, 0.6) is 0 Å². The summed E-state index contributed by atoms with van der Waals surface area (Å²) in [6.07, 6.45) is 2.08. The molecule has 1 rings (SSSR count). The Kier molecular flexibility index (Phi) is 10.3. The summed E-state index contributed by atoms with van der Waals surface area (Å²) in [6, 6.07) is 0.232. The number of carbonyl (C=O) groups is 1. The van der Waals surface area contributed by atoms with Crippen molar-refractivity contribution < 1.29 is 14.3 Å². The van der Waals surface area contributed by atoms with E-state index in [0.29, 0.717) is 25.6 Å². The van der Waals surface area contributed by atoms with Crippen LogP contribution < -0.4 is 10.6 Å². The van der Waals surface area contributed by atoms with E-state index >= 15 is 0 Å². The Hall–Kier alpha value is -0.360. The Balaban J connectivity index is 0.00000289. The summed E-state index contributed by atoms with van der Waals surface area (Å²) in [6.45, 7) is 5.40. The molecule has 5 nitrogen and oxygen atoms in total. The molecule has 0 radical (unpaired) electrons. The van der Waals surface area contributed by atoms with E-state index in [-0.39, 0.29) is 24.4 Å². The van der Waals surface area contributed by atoms with Crippen molar-refractivity contribution in [3.63, 3.8) is 0 Å². The van der Waals surface area contributed by atoms with Gasteiger partial charge in [0.15, 0.2) is 0 Å². The Bertz CT molecular complexity index is 223. The van der Waals surface area contributed by atoms with Gasteiger partial charge >= 0.3 is 0 Å². The van der Waals surface area contributed by atoms with Crippen molar-refractivity contribution in [2.45, 2.75) is 25.8 Å². The molecule has 1 heterocycles. The third kappa shape index (κ3) is 7.16. The molecule has 0 saturated carbocycles. The van der Waals surface area contributed by atoms with Crippen LogP contribution in [-0.4, -0.2) is 52.0 Å². The van der Waals surface area contributed by atoms with Gasteiger partial charge in [-0.05, 0) is 25.7 Å². The van der Waals surface area contributed by atoms with Crippen LogP contribution in [0.15, 0.2) is 0 Å². The third-order valence-corrected chi connectivity index (χ3v) is 3.13. The summed E-state index contributed by atoms with van der Waals surface area (Å²) in [5.41, 5.74) is 0. The van der Waals surface area contributed by atoms with Crippen LogP contribution in [0.2, 0.25) is 0 Å². The zero-order valence-corrected chi connectivity index (χ0v) is 12.1. The molecule has 6 heteroatoms. The lowest BCUT2D eigenvalue weighted by molar-refractivity contribution is -0.121. The van der Waals surface area contributed by atoms with Gasteiger partial charge in [-0.2, -0.15) is 0 Å². The van der Waals surface area contributed by atoms with Crippen LogP contribution in [0.1, 0.15) is 19.8 Å². The average Bonchev–Trinajstić information content (AvgIpc) is 2.36. The zero-order chi connectivity index (χ0) is 12.5. The minimum atomic E-state index is 0. The smallest absolute Gasteiger partial charge is 0.234 e. The van der Waals surface area contributed by atoms with Gasteiger partial charge in [0.1, 0.15) is 0 Å². The molecule has 0 aromatic rings. The van der Waals surface area contributed by atoms with Gasteiger partial charge in [0.05, 0.1) is 13.2 Å². The molecular formula is C12H25ClN2O3. The first-order valence-corrected chi connectivity index (χ1v) is 6.30. The zero-order valence-electron chi connectivity index (χ0n) is 11.2. The Morgan fingerprint density at radius 2 is 2.11 bits per heavy atom. The van der Waals surface area contributed by atoms with Gasteiger partial charge in [-0.25, -0.2) is 0 Å². The maximum absolute atomic E-state index is 11.6. The first kappa shape index (κ1) is 17.6. The van der Waals surface area contributed by atoms with Crippen molar-refractivity contribution in [2.24, 2.45) is 5.92 Å². The lowest BCUT2D eigenvalue weighted by Gasteiger charge is -2.28. The number of carbonyl (C=O) groups excluding carboxylic acids is 1. The predicted octanol–water partition coefficient (Wildman–Crippen LogP) is 0.576. The maximum Gasteiger partial charge on any atom is 0.234 e. The van der Waals surface area contributed by atoms with E-state index in [1.807, 2.05) is 0 Å². The van der Waals surface area contributed by atoms with Gasteiger partial charge < -0.3 is 20.1 Å². The number of hydrogen-bond donors (Lipinski definition) is 2. The minimum absolute atomic E-state index is 0. The highest BCUT2D eigenvalue weighted by atomic mass is 35.5. The molecule has 1 saturated heterocycles. The highest BCUT2D eigenvalue weighted by molar-refractivity contribution is 5.85. The fraction of sp³-hybridized carbons (Fsp3) is 0.917. The highest BCUT2D eigenvalue weighted by Gasteiger charge is 2.21. The molecule has 18 heavy (non-hydrogen) atoms. The largest absolute Gasteiger partial charge is 0.383 e. The standard InChI is InChI=1S/C12H24N2O3.ClH/c1-10(11-3-6-17-7-4-11)14-12(15)9-13-5-8-16-2;/h10-11,13H,3-9H2,1-2H3,(H,14,15);1H. The predicted molar refractivity (Wildman–Crippen MR) is 73.1 cm³/mol. The van der Waals surface area contributed by atoms with Gasteiger partial charge in [-0.3, -0.25) is 4.79 Å². The van der Waals surface area contributed by atoms with Gasteiger partial charge in [0, 0.05) is 32.9 Å². The molecule has 1 aliphatic rings. The number of methoxy groups -OCH3 is 1. The molecular weight excluding hydrogens is 256 g/mol. The monoisotopic (exact) mass is 280 g/mol. The molecule has 0 aliphatic carbocycles. The van der Waals surface area contributed by atoms with Gasteiger partial charge in [0.2, 0.25) is 5.91 Å². The van der Waals surface area contributed by atoms with Crippen molar-refractivity contribution >= 4 is 18.3 Å². The normalized spacial score (nSPS) is 17.9. The Morgan fingerprint density at radius 1 is 1.44 bits per heavy atom. The molecule has 1 atom stereocenters. The second-order valence-electron chi connectivity index (χ2n) is 4.48. The number of hydrogen-bond acceptors (Lipinski definition) is 4. The van der Waals surface area contributed by atoms with E-state index in [1.54, 1.807) is 7.11 Å². The number of rotatable bonds is 7. The minimum Gasteiger partial charge on any atom is -0.383 e. The lowest BCUT2D eigenvalue weighted by atomic mass is 9.93. The average molecular weight is 281 g/mol. The number of halogens is 1. The third-order valence-electron chi connectivity index (χ3n) is 3.13. The summed E-state index contributed by atoms with van der Waals surface area (Å²) < 4.78 is 10.2. The van der Waals surface area contributed by atoms with E-state index in [2.05, 4.69) is 17.6 Å².